The second kappa shape index (κ2) is 6.38. The van der Waals surface area contributed by atoms with Gasteiger partial charge in [0.15, 0.2) is 5.65 Å². The first-order valence-electron chi connectivity index (χ1n) is 8.00. The molecule has 1 aliphatic carbocycles. The summed E-state index contributed by atoms with van der Waals surface area (Å²) in [6, 6.07) is 5.58. The van der Waals surface area contributed by atoms with Gasteiger partial charge in [-0.25, -0.2) is 14.8 Å². The molecule has 1 saturated carbocycles. The Labute approximate surface area is 148 Å². The Morgan fingerprint density at radius 3 is 2.96 bits per heavy atom. The quantitative estimate of drug-likeness (QED) is 0.751. The van der Waals surface area contributed by atoms with E-state index in [0.717, 1.165) is 23.3 Å². The van der Waals surface area contributed by atoms with E-state index in [1.807, 2.05) is 11.4 Å². The van der Waals surface area contributed by atoms with E-state index in [2.05, 4.69) is 20.3 Å². The first-order chi connectivity index (χ1) is 12.1. The fourth-order valence-electron chi connectivity index (χ4n) is 2.53. The van der Waals surface area contributed by atoms with Crippen molar-refractivity contribution in [2.75, 3.05) is 12.4 Å². The molecule has 4 rings (SSSR count). The molecule has 128 valence electrons. The van der Waals surface area contributed by atoms with Crippen LogP contribution in [0.2, 0.25) is 0 Å². The topological polar surface area (TPSA) is 91.2 Å². The summed E-state index contributed by atoms with van der Waals surface area (Å²) in [5.41, 5.74) is 2.72. The molecule has 0 spiro atoms. The Bertz CT molecular complexity index is 938. The molecule has 3 aromatic heterocycles. The number of hydrogen-bond donors (Lipinski definition) is 2. The second-order valence-electron chi connectivity index (χ2n) is 6.03. The number of aromatic nitrogens is 3. The number of pyridine rings is 1. The highest BCUT2D eigenvalue weighted by Crippen LogP contribution is 2.27. The van der Waals surface area contributed by atoms with Crippen LogP contribution in [-0.2, 0) is 6.61 Å². The van der Waals surface area contributed by atoms with Crippen molar-refractivity contribution in [2.24, 2.45) is 0 Å². The lowest BCUT2D eigenvalue weighted by Gasteiger charge is -2.16. The van der Waals surface area contributed by atoms with E-state index in [4.69, 9.17) is 0 Å². The zero-order valence-electron chi connectivity index (χ0n) is 13.6. The molecule has 1 fully saturated rings. The van der Waals surface area contributed by atoms with Gasteiger partial charge in [0, 0.05) is 28.9 Å². The Hall–Kier alpha value is -2.58. The molecule has 0 radical (unpaired) electrons. The van der Waals surface area contributed by atoms with Gasteiger partial charge in [-0.3, -0.25) is 10.3 Å². The molecule has 3 heterocycles. The van der Waals surface area contributed by atoms with Gasteiger partial charge < -0.3 is 10.0 Å². The fourth-order valence-corrected chi connectivity index (χ4v) is 3.27. The number of carbonyl (C=O) groups excluding carboxylic acids is 1. The van der Waals surface area contributed by atoms with Crippen LogP contribution in [0.5, 0.6) is 0 Å². The highest BCUT2D eigenvalue weighted by atomic mass is 32.1. The van der Waals surface area contributed by atoms with E-state index in [0.29, 0.717) is 28.7 Å². The maximum Gasteiger partial charge on any atom is 0.322 e. The maximum atomic E-state index is 12.2. The number of carbonyl (C=O) groups is 1. The summed E-state index contributed by atoms with van der Waals surface area (Å²) in [6.45, 7) is 0.00855. The summed E-state index contributed by atoms with van der Waals surface area (Å²) in [5.74, 6) is 0.456. The summed E-state index contributed by atoms with van der Waals surface area (Å²) in [6.07, 6.45) is 3.80. The molecule has 3 aromatic rings. The monoisotopic (exact) mass is 355 g/mol. The Morgan fingerprint density at radius 2 is 2.24 bits per heavy atom. The number of aliphatic hydroxyl groups excluding tert-OH is 1. The van der Waals surface area contributed by atoms with Crippen LogP contribution in [0.25, 0.3) is 22.4 Å². The number of nitrogens with zero attached hydrogens (tertiary/aromatic N) is 4. The second-order valence-corrected chi connectivity index (χ2v) is 7.02. The molecule has 0 atom stereocenters. The third-order valence-electron chi connectivity index (χ3n) is 4.16. The SMILES string of the molecule is CN(C(=O)Nc1ccc2ncc(-c3csc(CO)c3)nc2n1)C1CC1. The molecule has 2 N–H and O–H groups in total. The number of urea groups is 1. The minimum atomic E-state index is -0.163. The summed E-state index contributed by atoms with van der Waals surface area (Å²) >= 11 is 1.47. The van der Waals surface area contributed by atoms with Gasteiger partial charge in [0.25, 0.3) is 0 Å². The van der Waals surface area contributed by atoms with Gasteiger partial charge >= 0.3 is 6.03 Å². The van der Waals surface area contributed by atoms with Crippen molar-refractivity contribution in [2.45, 2.75) is 25.5 Å². The lowest BCUT2D eigenvalue weighted by Crippen LogP contribution is -2.33. The number of thiophene rings is 1. The fraction of sp³-hybridized carbons (Fsp3) is 0.294. The van der Waals surface area contributed by atoms with Gasteiger partial charge in [-0.05, 0) is 31.0 Å². The molecule has 0 unspecified atom stereocenters. The van der Waals surface area contributed by atoms with Crippen LogP contribution in [-0.4, -0.2) is 44.1 Å². The minimum Gasteiger partial charge on any atom is -0.391 e. The van der Waals surface area contributed by atoms with Crippen LogP contribution in [0.1, 0.15) is 17.7 Å². The smallest absolute Gasteiger partial charge is 0.322 e. The molecular weight excluding hydrogens is 338 g/mol. The molecular formula is C17H17N5O2S. The predicted molar refractivity (Wildman–Crippen MR) is 96.4 cm³/mol. The molecule has 1 aliphatic rings. The summed E-state index contributed by atoms with van der Waals surface area (Å²) in [4.78, 5) is 28.1. The molecule has 0 aliphatic heterocycles. The minimum absolute atomic E-state index is 0.00855. The van der Waals surface area contributed by atoms with Crippen LogP contribution < -0.4 is 5.32 Å². The van der Waals surface area contributed by atoms with E-state index in [9.17, 15) is 9.90 Å². The van der Waals surface area contributed by atoms with Crippen molar-refractivity contribution < 1.29 is 9.90 Å². The largest absolute Gasteiger partial charge is 0.391 e. The van der Waals surface area contributed by atoms with Crippen molar-refractivity contribution in [3.63, 3.8) is 0 Å². The first kappa shape index (κ1) is 15.9. The number of nitrogens with one attached hydrogen (secondary N) is 1. The Kier molecular flexibility index (Phi) is 4.06. The van der Waals surface area contributed by atoms with Crippen molar-refractivity contribution in [1.29, 1.82) is 0 Å². The van der Waals surface area contributed by atoms with Gasteiger partial charge in [-0.2, -0.15) is 0 Å². The van der Waals surface area contributed by atoms with E-state index in [1.54, 1.807) is 30.3 Å². The third-order valence-corrected chi connectivity index (χ3v) is 5.08. The normalized spacial score (nSPS) is 13.8. The van der Waals surface area contributed by atoms with E-state index in [1.165, 1.54) is 11.3 Å². The highest BCUT2D eigenvalue weighted by molar-refractivity contribution is 7.10. The number of aliphatic hydroxyl groups is 1. The van der Waals surface area contributed by atoms with Crippen LogP contribution >= 0.6 is 11.3 Å². The lowest BCUT2D eigenvalue weighted by atomic mass is 10.2. The Morgan fingerprint density at radius 1 is 1.40 bits per heavy atom. The zero-order valence-corrected chi connectivity index (χ0v) is 14.5. The van der Waals surface area contributed by atoms with Crippen molar-refractivity contribution in [1.82, 2.24) is 19.9 Å². The number of fused-ring (bicyclic) bond motifs is 1. The molecule has 0 aromatic carbocycles. The molecule has 8 heteroatoms. The van der Waals surface area contributed by atoms with Gasteiger partial charge in [-0.15, -0.1) is 11.3 Å². The number of rotatable bonds is 4. The highest BCUT2D eigenvalue weighted by Gasteiger charge is 2.29. The number of hydrogen-bond acceptors (Lipinski definition) is 6. The Balaban J connectivity index is 1.61. The van der Waals surface area contributed by atoms with Gasteiger partial charge in [-0.1, -0.05) is 0 Å². The number of amides is 2. The van der Waals surface area contributed by atoms with Crippen LogP contribution in [0.4, 0.5) is 10.6 Å². The predicted octanol–water partition coefficient (Wildman–Crippen LogP) is 2.87. The van der Waals surface area contributed by atoms with Crippen LogP contribution in [0, 0.1) is 0 Å². The third kappa shape index (κ3) is 3.31. The molecule has 2 amide bonds. The van der Waals surface area contributed by atoms with E-state index < -0.39 is 0 Å². The first-order valence-corrected chi connectivity index (χ1v) is 8.88. The summed E-state index contributed by atoms with van der Waals surface area (Å²) in [7, 11) is 1.79. The van der Waals surface area contributed by atoms with Gasteiger partial charge in [0.05, 0.1) is 18.5 Å². The maximum absolute atomic E-state index is 12.2. The molecule has 0 saturated heterocycles. The zero-order chi connectivity index (χ0) is 17.4. The number of anilines is 1. The summed E-state index contributed by atoms with van der Waals surface area (Å²) < 4.78 is 0. The average Bonchev–Trinajstić information content (AvgIpc) is 3.37. The van der Waals surface area contributed by atoms with E-state index in [-0.39, 0.29) is 12.6 Å². The molecule has 0 bridgehead atoms. The molecule has 7 nitrogen and oxygen atoms in total. The summed E-state index contributed by atoms with van der Waals surface area (Å²) in [5, 5.41) is 13.9. The van der Waals surface area contributed by atoms with Crippen LogP contribution in [0.15, 0.2) is 29.8 Å². The molecule has 25 heavy (non-hydrogen) atoms. The van der Waals surface area contributed by atoms with Gasteiger partial charge in [0.1, 0.15) is 11.3 Å². The standard InChI is InChI=1S/C17H17N5O2S/c1-22(11-2-3-11)17(24)21-15-5-4-13-16(20-15)19-14(7-18-13)10-6-12(8-23)25-9-10/h4-7,9,11,23H,2-3,8H2,1H3,(H,19,20,21,24). The van der Waals surface area contributed by atoms with Crippen molar-refractivity contribution in [3.8, 4) is 11.3 Å². The van der Waals surface area contributed by atoms with Gasteiger partial charge in [0.2, 0.25) is 0 Å². The van der Waals surface area contributed by atoms with E-state index >= 15 is 0 Å². The lowest BCUT2D eigenvalue weighted by molar-refractivity contribution is 0.220. The average molecular weight is 355 g/mol. The van der Waals surface area contributed by atoms with Crippen LogP contribution in [0.3, 0.4) is 0 Å². The van der Waals surface area contributed by atoms with Crippen molar-refractivity contribution in [3.05, 3.63) is 34.7 Å². The van der Waals surface area contributed by atoms with Crippen molar-refractivity contribution >= 4 is 34.3 Å².